The van der Waals surface area contributed by atoms with E-state index >= 15 is 0 Å². The van der Waals surface area contributed by atoms with Crippen LogP contribution >= 0.6 is 0 Å². The summed E-state index contributed by atoms with van der Waals surface area (Å²) in [5.41, 5.74) is 0. The highest BCUT2D eigenvalue weighted by molar-refractivity contribution is 5.76. The topological polar surface area (TPSA) is 46.5 Å². The zero-order valence-corrected chi connectivity index (χ0v) is 7.64. The Kier molecular flexibility index (Phi) is 1.36. The van der Waals surface area contributed by atoms with Gasteiger partial charge in [-0.3, -0.25) is 4.79 Å². The molecule has 72 valence electrons. The minimum Gasteiger partial charge on any atom is -0.465 e. The van der Waals surface area contributed by atoms with Crippen molar-refractivity contribution < 1.29 is 14.6 Å². The maximum atomic E-state index is 11.4. The van der Waals surface area contributed by atoms with Crippen LogP contribution in [0.1, 0.15) is 13.3 Å². The van der Waals surface area contributed by atoms with Crippen LogP contribution < -0.4 is 0 Å². The van der Waals surface area contributed by atoms with Gasteiger partial charge in [0.05, 0.1) is 18.6 Å². The van der Waals surface area contributed by atoms with Crippen LogP contribution in [0.15, 0.2) is 0 Å². The van der Waals surface area contributed by atoms with Crippen molar-refractivity contribution in [1.29, 1.82) is 0 Å². The fourth-order valence-electron chi connectivity index (χ4n) is 3.65. The Hall–Kier alpha value is -0.570. The van der Waals surface area contributed by atoms with E-state index in [9.17, 15) is 9.90 Å². The number of esters is 1. The Bertz CT molecular complexity index is 263. The van der Waals surface area contributed by atoms with Crippen LogP contribution in [0.4, 0.5) is 0 Å². The van der Waals surface area contributed by atoms with Crippen molar-refractivity contribution in [3.05, 3.63) is 0 Å². The summed E-state index contributed by atoms with van der Waals surface area (Å²) in [4.78, 5) is 11.4. The SMILES string of the molecule is CC1C(O)C2CC1C1C(=O)OCC21. The number of carbonyl (C=O) groups is 1. The molecular weight excluding hydrogens is 168 g/mol. The van der Waals surface area contributed by atoms with Crippen molar-refractivity contribution in [3.63, 3.8) is 0 Å². The van der Waals surface area contributed by atoms with Crippen molar-refractivity contribution in [1.82, 2.24) is 0 Å². The quantitative estimate of drug-likeness (QED) is 0.552. The van der Waals surface area contributed by atoms with Gasteiger partial charge in [-0.05, 0) is 24.2 Å². The molecule has 2 bridgehead atoms. The molecule has 13 heavy (non-hydrogen) atoms. The Balaban J connectivity index is 1.96. The summed E-state index contributed by atoms with van der Waals surface area (Å²) in [7, 11) is 0. The van der Waals surface area contributed by atoms with E-state index < -0.39 is 0 Å². The number of cyclic esters (lactones) is 1. The van der Waals surface area contributed by atoms with Crippen LogP contribution in [0.25, 0.3) is 0 Å². The average molecular weight is 182 g/mol. The molecule has 3 heteroatoms. The van der Waals surface area contributed by atoms with E-state index in [1.165, 1.54) is 0 Å². The van der Waals surface area contributed by atoms with Gasteiger partial charge in [-0.1, -0.05) is 6.92 Å². The van der Waals surface area contributed by atoms with E-state index in [0.717, 1.165) is 6.42 Å². The highest BCUT2D eigenvalue weighted by atomic mass is 16.5. The summed E-state index contributed by atoms with van der Waals surface area (Å²) >= 11 is 0. The summed E-state index contributed by atoms with van der Waals surface area (Å²) in [6, 6.07) is 0. The molecule has 1 saturated heterocycles. The second-order valence-corrected chi connectivity index (χ2v) is 4.73. The largest absolute Gasteiger partial charge is 0.465 e. The highest BCUT2D eigenvalue weighted by Crippen LogP contribution is 2.57. The van der Waals surface area contributed by atoms with Crippen LogP contribution in [0.2, 0.25) is 0 Å². The fraction of sp³-hybridized carbons (Fsp3) is 0.900. The molecule has 1 heterocycles. The number of hydrogen-bond acceptors (Lipinski definition) is 3. The summed E-state index contributed by atoms with van der Waals surface area (Å²) in [5, 5.41) is 9.85. The van der Waals surface area contributed by atoms with Crippen molar-refractivity contribution in [2.75, 3.05) is 6.61 Å². The van der Waals surface area contributed by atoms with Crippen LogP contribution in [-0.2, 0) is 9.53 Å². The second kappa shape index (κ2) is 2.27. The molecule has 1 N–H and O–H groups in total. The van der Waals surface area contributed by atoms with Gasteiger partial charge in [0.2, 0.25) is 0 Å². The van der Waals surface area contributed by atoms with Gasteiger partial charge in [-0.2, -0.15) is 0 Å². The zero-order valence-electron chi connectivity index (χ0n) is 7.64. The Morgan fingerprint density at radius 2 is 2.15 bits per heavy atom. The molecule has 6 atom stereocenters. The number of carbonyl (C=O) groups excluding carboxylic acids is 1. The number of aliphatic hydroxyl groups is 1. The van der Waals surface area contributed by atoms with Gasteiger partial charge in [0.25, 0.3) is 0 Å². The van der Waals surface area contributed by atoms with Gasteiger partial charge < -0.3 is 9.84 Å². The second-order valence-electron chi connectivity index (χ2n) is 4.73. The Morgan fingerprint density at radius 3 is 2.92 bits per heavy atom. The lowest BCUT2D eigenvalue weighted by molar-refractivity contribution is -0.143. The molecule has 0 spiro atoms. The molecule has 0 aromatic heterocycles. The van der Waals surface area contributed by atoms with Crippen LogP contribution in [0, 0.1) is 29.6 Å². The van der Waals surface area contributed by atoms with Gasteiger partial charge in [0, 0.05) is 5.92 Å². The number of fused-ring (bicyclic) bond motifs is 5. The Morgan fingerprint density at radius 1 is 1.38 bits per heavy atom. The first kappa shape index (κ1) is 7.80. The van der Waals surface area contributed by atoms with Gasteiger partial charge in [-0.15, -0.1) is 0 Å². The molecule has 0 aromatic rings. The first-order chi connectivity index (χ1) is 6.20. The van der Waals surface area contributed by atoms with Crippen molar-refractivity contribution in [3.8, 4) is 0 Å². The van der Waals surface area contributed by atoms with Crippen LogP contribution in [0.5, 0.6) is 0 Å². The number of rotatable bonds is 0. The minimum absolute atomic E-state index is 0.0174. The molecule has 0 aromatic carbocycles. The van der Waals surface area contributed by atoms with Gasteiger partial charge in [-0.25, -0.2) is 0 Å². The first-order valence-corrected chi connectivity index (χ1v) is 5.05. The van der Waals surface area contributed by atoms with E-state index in [-0.39, 0.29) is 23.9 Å². The maximum absolute atomic E-state index is 11.4. The summed E-state index contributed by atoms with van der Waals surface area (Å²) in [6.45, 7) is 2.60. The van der Waals surface area contributed by atoms with E-state index in [0.29, 0.717) is 24.4 Å². The Labute approximate surface area is 77.1 Å². The molecule has 0 amide bonds. The molecule has 1 aliphatic heterocycles. The average Bonchev–Trinajstić information content (AvgIpc) is 2.70. The number of ether oxygens (including phenoxy) is 1. The van der Waals surface area contributed by atoms with Gasteiger partial charge in [0.15, 0.2) is 0 Å². The van der Waals surface area contributed by atoms with E-state index in [4.69, 9.17) is 4.74 Å². The molecule has 3 aliphatic rings. The predicted molar refractivity (Wildman–Crippen MR) is 44.7 cm³/mol. The smallest absolute Gasteiger partial charge is 0.309 e. The number of hydrogen-bond donors (Lipinski definition) is 1. The van der Waals surface area contributed by atoms with Gasteiger partial charge in [0.1, 0.15) is 0 Å². The summed E-state index contributed by atoms with van der Waals surface area (Å²) in [5.74, 6) is 1.43. The molecule has 3 nitrogen and oxygen atoms in total. The van der Waals surface area contributed by atoms with Crippen molar-refractivity contribution in [2.24, 2.45) is 29.6 Å². The lowest BCUT2D eigenvalue weighted by atomic mass is 9.74. The molecule has 0 radical (unpaired) electrons. The monoisotopic (exact) mass is 182 g/mol. The third-order valence-corrected chi connectivity index (χ3v) is 4.36. The van der Waals surface area contributed by atoms with E-state index in [1.807, 2.05) is 0 Å². The molecule has 3 fully saturated rings. The van der Waals surface area contributed by atoms with Crippen molar-refractivity contribution in [2.45, 2.75) is 19.4 Å². The third-order valence-electron chi connectivity index (χ3n) is 4.36. The number of aliphatic hydroxyl groups excluding tert-OH is 1. The summed E-state index contributed by atoms with van der Waals surface area (Å²) < 4.78 is 5.05. The molecular formula is C10H14O3. The predicted octanol–water partition coefficient (Wildman–Crippen LogP) is 0.422. The van der Waals surface area contributed by atoms with Crippen molar-refractivity contribution >= 4 is 5.97 Å². The zero-order chi connectivity index (χ0) is 9.16. The van der Waals surface area contributed by atoms with Gasteiger partial charge >= 0.3 is 5.97 Å². The lowest BCUT2D eigenvalue weighted by Crippen LogP contribution is -2.37. The fourth-order valence-corrected chi connectivity index (χ4v) is 3.65. The van der Waals surface area contributed by atoms with Crippen LogP contribution in [0.3, 0.4) is 0 Å². The standard InChI is InChI=1S/C10H14O3/c1-4-5-2-6(9(4)11)7-3-13-10(12)8(5)7/h4-9,11H,2-3H2,1H3. The molecule has 2 saturated carbocycles. The highest BCUT2D eigenvalue weighted by Gasteiger charge is 2.61. The van der Waals surface area contributed by atoms with E-state index in [2.05, 4.69) is 6.92 Å². The normalized spacial score (nSPS) is 58.2. The maximum Gasteiger partial charge on any atom is 0.309 e. The molecule has 2 aliphatic carbocycles. The minimum atomic E-state index is -0.194. The van der Waals surface area contributed by atoms with E-state index in [1.54, 1.807) is 0 Å². The van der Waals surface area contributed by atoms with Crippen LogP contribution in [-0.4, -0.2) is 23.8 Å². The molecule has 6 unspecified atom stereocenters. The first-order valence-electron chi connectivity index (χ1n) is 5.05. The third kappa shape index (κ3) is 0.766. The molecule has 3 rings (SSSR count). The summed E-state index contributed by atoms with van der Waals surface area (Å²) in [6.07, 6.45) is 0.841. The lowest BCUT2D eigenvalue weighted by Gasteiger charge is -2.30.